The molecule has 3 aromatic rings. The molecule has 1 N–H and O–H groups in total. The summed E-state index contributed by atoms with van der Waals surface area (Å²) < 4.78 is 79.3. The lowest BCUT2D eigenvalue weighted by atomic mass is 9.98. The molecule has 1 amide bonds. The van der Waals surface area contributed by atoms with E-state index in [0.29, 0.717) is 18.4 Å². The van der Waals surface area contributed by atoms with Crippen molar-refractivity contribution in [2.24, 2.45) is 0 Å². The van der Waals surface area contributed by atoms with Crippen LogP contribution in [0.5, 0.6) is 11.5 Å². The first-order valence-corrected chi connectivity index (χ1v) is 10.9. The van der Waals surface area contributed by atoms with Crippen LogP contribution >= 0.6 is 0 Å². The summed E-state index contributed by atoms with van der Waals surface area (Å²) in [6, 6.07) is 8.56. The molecule has 0 spiro atoms. The first-order valence-electron chi connectivity index (χ1n) is 10.9. The van der Waals surface area contributed by atoms with Gasteiger partial charge in [0.1, 0.15) is 23.1 Å². The molecule has 1 aliphatic carbocycles. The Morgan fingerprint density at radius 1 is 0.944 bits per heavy atom. The molecule has 0 aliphatic heterocycles. The van der Waals surface area contributed by atoms with Crippen LogP contribution in [0.4, 0.5) is 27.6 Å². The van der Waals surface area contributed by atoms with Crippen molar-refractivity contribution in [2.45, 2.75) is 31.9 Å². The lowest BCUT2D eigenvalue weighted by Crippen LogP contribution is -2.17. The van der Waals surface area contributed by atoms with E-state index >= 15 is 0 Å². The third kappa shape index (κ3) is 5.32. The second-order valence-electron chi connectivity index (χ2n) is 8.36. The zero-order chi connectivity index (χ0) is 26.2. The molecular formula is C26H20F5NO4. The van der Waals surface area contributed by atoms with E-state index in [2.05, 4.69) is 10.1 Å². The topological polar surface area (TPSA) is 64.6 Å². The standard InChI is InChI=1S/C26H20F5NO4/c1-13-9-15(27)5-8-22(13)36-23-12-20(26(29,30)31)17(14-3-4-14)11-19(23)24(33)32-16-6-7-21(28)18(10-16)25(34)35-2/h5-12,14H,3-4H2,1-2H3,(H,32,33). The monoisotopic (exact) mass is 505 g/mol. The minimum absolute atomic E-state index is 0.0126. The van der Waals surface area contributed by atoms with E-state index in [0.717, 1.165) is 43.5 Å². The van der Waals surface area contributed by atoms with Crippen molar-refractivity contribution in [3.8, 4) is 11.5 Å². The number of benzene rings is 3. The number of nitrogens with one attached hydrogen (secondary N) is 1. The molecular weight excluding hydrogens is 485 g/mol. The van der Waals surface area contributed by atoms with Crippen LogP contribution in [0.15, 0.2) is 48.5 Å². The maximum absolute atomic E-state index is 14.0. The zero-order valence-electron chi connectivity index (χ0n) is 19.1. The Kier molecular flexibility index (Phi) is 6.71. The number of amides is 1. The van der Waals surface area contributed by atoms with Gasteiger partial charge in [-0.3, -0.25) is 4.79 Å². The van der Waals surface area contributed by atoms with Crippen molar-refractivity contribution in [1.82, 2.24) is 0 Å². The summed E-state index contributed by atoms with van der Waals surface area (Å²) in [5.41, 5.74) is -1.28. The van der Waals surface area contributed by atoms with Gasteiger partial charge in [-0.25, -0.2) is 13.6 Å². The predicted molar refractivity (Wildman–Crippen MR) is 120 cm³/mol. The molecule has 0 bridgehead atoms. The third-order valence-electron chi connectivity index (χ3n) is 5.71. The SMILES string of the molecule is COC(=O)c1cc(NC(=O)c2cc(C3CC3)c(C(F)(F)F)cc2Oc2ccc(F)cc2C)ccc1F. The molecule has 0 saturated heterocycles. The van der Waals surface area contributed by atoms with Gasteiger partial charge in [0.15, 0.2) is 0 Å². The van der Waals surface area contributed by atoms with E-state index in [9.17, 15) is 31.5 Å². The minimum atomic E-state index is -4.70. The fourth-order valence-electron chi connectivity index (χ4n) is 3.75. The number of methoxy groups -OCH3 is 1. The van der Waals surface area contributed by atoms with Crippen LogP contribution in [0.25, 0.3) is 0 Å². The van der Waals surface area contributed by atoms with Crippen molar-refractivity contribution in [3.63, 3.8) is 0 Å². The quantitative estimate of drug-likeness (QED) is 0.289. The number of aryl methyl sites for hydroxylation is 1. The molecule has 10 heteroatoms. The molecule has 0 radical (unpaired) electrons. The highest BCUT2D eigenvalue weighted by atomic mass is 19.4. The maximum atomic E-state index is 14.0. The van der Waals surface area contributed by atoms with Crippen LogP contribution in [0.3, 0.4) is 0 Å². The van der Waals surface area contributed by atoms with Crippen LogP contribution in [0.2, 0.25) is 0 Å². The molecule has 4 rings (SSSR count). The summed E-state index contributed by atoms with van der Waals surface area (Å²) >= 11 is 0. The average molecular weight is 505 g/mol. The van der Waals surface area contributed by atoms with Crippen molar-refractivity contribution in [2.75, 3.05) is 12.4 Å². The summed E-state index contributed by atoms with van der Waals surface area (Å²) in [5.74, 6) is -3.93. The van der Waals surface area contributed by atoms with Gasteiger partial charge in [0.05, 0.1) is 23.8 Å². The largest absolute Gasteiger partial charge is 0.465 e. The van der Waals surface area contributed by atoms with Gasteiger partial charge in [-0.05, 0) is 85.3 Å². The number of carbonyl (C=O) groups excluding carboxylic acids is 2. The van der Waals surface area contributed by atoms with Crippen LogP contribution in [0.1, 0.15) is 56.2 Å². The van der Waals surface area contributed by atoms with E-state index in [-0.39, 0.29) is 28.5 Å². The molecule has 0 unspecified atom stereocenters. The third-order valence-corrected chi connectivity index (χ3v) is 5.71. The lowest BCUT2D eigenvalue weighted by Gasteiger charge is -2.19. The van der Waals surface area contributed by atoms with Gasteiger partial charge in [0.25, 0.3) is 5.91 Å². The molecule has 0 atom stereocenters. The Morgan fingerprint density at radius 3 is 2.28 bits per heavy atom. The van der Waals surface area contributed by atoms with Crippen molar-refractivity contribution in [3.05, 3.63) is 88.0 Å². The number of rotatable bonds is 6. The summed E-state index contributed by atoms with van der Waals surface area (Å²) in [6.07, 6.45) is -3.61. The fraction of sp³-hybridized carbons (Fsp3) is 0.231. The Hall–Kier alpha value is -3.95. The molecule has 5 nitrogen and oxygen atoms in total. The highest BCUT2D eigenvalue weighted by molar-refractivity contribution is 6.07. The first-order chi connectivity index (χ1) is 17.0. The number of esters is 1. The van der Waals surface area contributed by atoms with Crippen LogP contribution in [-0.4, -0.2) is 19.0 Å². The van der Waals surface area contributed by atoms with E-state index in [4.69, 9.17) is 4.74 Å². The summed E-state index contributed by atoms with van der Waals surface area (Å²) in [4.78, 5) is 25.0. The number of alkyl halides is 3. The molecule has 0 heterocycles. The number of ether oxygens (including phenoxy) is 2. The van der Waals surface area contributed by atoms with Crippen molar-refractivity contribution < 1.29 is 41.0 Å². The summed E-state index contributed by atoms with van der Waals surface area (Å²) in [5, 5.41) is 2.46. The van der Waals surface area contributed by atoms with Crippen molar-refractivity contribution >= 4 is 17.6 Å². The molecule has 0 aromatic heterocycles. The Bertz CT molecular complexity index is 1350. The normalized spacial score (nSPS) is 13.3. The molecule has 3 aromatic carbocycles. The number of hydrogen-bond donors (Lipinski definition) is 1. The van der Waals surface area contributed by atoms with Gasteiger partial charge in [-0.15, -0.1) is 0 Å². The van der Waals surface area contributed by atoms with Gasteiger partial charge in [-0.1, -0.05) is 0 Å². The first kappa shape index (κ1) is 25.2. The van der Waals surface area contributed by atoms with Gasteiger partial charge in [0, 0.05) is 5.69 Å². The van der Waals surface area contributed by atoms with E-state index in [1.165, 1.54) is 19.1 Å². The fourth-order valence-corrected chi connectivity index (χ4v) is 3.75. The van der Waals surface area contributed by atoms with Crippen molar-refractivity contribution in [1.29, 1.82) is 0 Å². The number of carbonyl (C=O) groups is 2. The highest BCUT2D eigenvalue weighted by Crippen LogP contribution is 2.48. The minimum Gasteiger partial charge on any atom is -0.465 e. The van der Waals surface area contributed by atoms with E-state index in [1.54, 1.807) is 0 Å². The van der Waals surface area contributed by atoms with E-state index in [1.807, 2.05) is 0 Å². The number of anilines is 1. The lowest BCUT2D eigenvalue weighted by molar-refractivity contribution is -0.138. The molecule has 1 fully saturated rings. The second-order valence-corrected chi connectivity index (χ2v) is 8.36. The predicted octanol–water partition coefficient (Wildman–Crippen LogP) is 7.00. The molecule has 36 heavy (non-hydrogen) atoms. The smallest absolute Gasteiger partial charge is 0.416 e. The Morgan fingerprint density at radius 2 is 1.67 bits per heavy atom. The molecule has 1 saturated carbocycles. The molecule has 188 valence electrons. The maximum Gasteiger partial charge on any atom is 0.416 e. The number of hydrogen-bond acceptors (Lipinski definition) is 4. The average Bonchev–Trinajstić information content (AvgIpc) is 3.66. The van der Waals surface area contributed by atoms with Gasteiger partial charge in [-0.2, -0.15) is 13.2 Å². The van der Waals surface area contributed by atoms with Gasteiger partial charge >= 0.3 is 12.1 Å². The van der Waals surface area contributed by atoms with Crippen LogP contribution in [0, 0.1) is 18.6 Å². The zero-order valence-corrected chi connectivity index (χ0v) is 19.1. The van der Waals surface area contributed by atoms with Gasteiger partial charge in [0.2, 0.25) is 0 Å². The summed E-state index contributed by atoms with van der Waals surface area (Å²) in [7, 11) is 1.07. The van der Waals surface area contributed by atoms with E-state index < -0.39 is 46.6 Å². The van der Waals surface area contributed by atoms with Crippen LogP contribution in [-0.2, 0) is 10.9 Å². The number of halogens is 5. The Labute approximate surface area is 202 Å². The molecule has 1 aliphatic rings. The van der Waals surface area contributed by atoms with Crippen LogP contribution < -0.4 is 10.1 Å². The second kappa shape index (κ2) is 9.60. The summed E-state index contributed by atoms with van der Waals surface area (Å²) in [6.45, 7) is 1.51. The highest BCUT2D eigenvalue weighted by Gasteiger charge is 2.40. The Balaban J connectivity index is 1.78. The van der Waals surface area contributed by atoms with Gasteiger partial charge < -0.3 is 14.8 Å².